The van der Waals surface area contributed by atoms with E-state index in [1.165, 1.54) is 0 Å². The van der Waals surface area contributed by atoms with Crippen LogP contribution < -0.4 is 11.1 Å². The molecule has 1 unspecified atom stereocenters. The molecule has 0 aliphatic heterocycles. The van der Waals surface area contributed by atoms with Gasteiger partial charge in [0.25, 0.3) is 0 Å². The molecule has 0 aromatic carbocycles. The maximum absolute atomic E-state index is 11.6. The van der Waals surface area contributed by atoms with Crippen LogP contribution in [0.3, 0.4) is 0 Å². The largest absolute Gasteiger partial charge is 0.328 e. The van der Waals surface area contributed by atoms with E-state index >= 15 is 0 Å². The van der Waals surface area contributed by atoms with Crippen molar-refractivity contribution in [1.29, 1.82) is 0 Å². The van der Waals surface area contributed by atoms with Crippen LogP contribution in [0.1, 0.15) is 31.7 Å². The van der Waals surface area contributed by atoms with E-state index in [4.69, 9.17) is 5.73 Å². The predicted octanol–water partition coefficient (Wildman–Crippen LogP) is 1.85. The second-order valence-electron chi connectivity index (χ2n) is 4.09. The van der Waals surface area contributed by atoms with E-state index in [1.807, 2.05) is 26.0 Å². The molecule has 1 aromatic heterocycles. The third-order valence-corrected chi connectivity index (χ3v) is 2.33. The Morgan fingerprint density at radius 2 is 2.38 bits per heavy atom. The van der Waals surface area contributed by atoms with Crippen molar-refractivity contribution in [2.45, 2.75) is 39.2 Å². The maximum atomic E-state index is 11.6. The number of hydrogen-bond donors (Lipinski definition) is 2. The van der Waals surface area contributed by atoms with Gasteiger partial charge in [-0.1, -0.05) is 6.07 Å². The van der Waals surface area contributed by atoms with E-state index in [-0.39, 0.29) is 11.9 Å². The standard InChI is InChI=1S/C12H19N3O/c1-9-5-4-8-14-12(9)15-11(16)7-3-6-10(2)13/h4-5,8,10H,3,6-7,13H2,1-2H3,(H,14,15,16). The Balaban J connectivity index is 2.37. The van der Waals surface area contributed by atoms with E-state index in [0.717, 1.165) is 18.4 Å². The average molecular weight is 221 g/mol. The Hall–Kier alpha value is -1.42. The Morgan fingerprint density at radius 3 is 3.00 bits per heavy atom. The zero-order valence-electron chi connectivity index (χ0n) is 9.86. The van der Waals surface area contributed by atoms with Crippen LogP contribution in [-0.2, 0) is 4.79 Å². The minimum absolute atomic E-state index is 0.00227. The fourth-order valence-electron chi connectivity index (χ4n) is 1.40. The van der Waals surface area contributed by atoms with Crippen LogP contribution in [0.15, 0.2) is 18.3 Å². The van der Waals surface area contributed by atoms with Crippen LogP contribution in [0.25, 0.3) is 0 Å². The van der Waals surface area contributed by atoms with Gasteiger partial charge in [0.2, 0.25) is 5.91 Å². The summed E-state index contributed by atoms with van der Waals surface area (Å²) in [5, 5.41) is 2.79. The van der Waals surface area contributed by atoms with Crippen LogP contribution in [0.4, 0.5) is 5.82 Å². The summed E-state index contributed by atoms with van der Waals surface area (Å²) in [6.45, 7) is 3.87. The summed E-state index contributed by atoms with van der Waals surface area (Å²) in [6, 6.07) is 3.93. The van der Waals surface area contributed by atoms with Crippen molar-refractivity contribution < 1.29 is 4.79 Å². The molecule has 4 nitrogen and oxygen atoms in total. The Labute approximate surface area is 96.3 Å². The zero-order valence-corrected chi connectivity index (χ0v) is 9.86. The number of nitrogens with one attached hydrogen (secondary N) is 1. The predicted molar refractivity (Wildman–Crippen MR) is 65.1 cm³/mol. The minimum atomic E-state index is 0.00227. The summed E-state index contributed by atoms with van der Waals surface area (Å²) in [5.41, 5.74) is 6.59. The normalized spacial score (nSPS) is 12.2. The third kappa shape index (κ3) is 4.40. The van der Waals surface area contributed by atoms with Crippen molar-refractivity contribution >= 4 is 11.7 Å². The van der Waals surface area contributed by atoms with E-state index in [9.17, 15) is 4.79 Å². The number of amides is 1. The Bertz CT molecular complexity index is 350. The Morgan fingerprint density at radius 1 is 1.62 bits per heavy atom. The van der Waals surface area contributed by atoms with Gasteiger partial charge >= 0.3 is 0 Å². The minimum Gasteiger partial charge on any atom is -0.328 e. The SMILES string of the molecule is Cc1cccnc1NC(=O)CCCC(C)N. The highest BCUT2D eigenvalue weighted by molar-refractivity contribution is 5.90. The van der Waals surface area contributed by atoms with Crippen molar-refractivity contribution in [2.75, 3.05) is 5.32 Å². The Kier molecular flexibility index (Phi) is 4.92. The van der Waals surface area contributed by atoms with Gasteiger partial charge in [-0.2, -0.15) is 0 Å². The van der Waals surface area contributed by atoms with E-state index in [1.54, 1.807) is 6.20 Å². The molecule has 88 valence electrons. The molecule has 0 spiro atoms. The van der Waals surface area contributed by atoms with Gasteiger partial charge in [0.15, 0.2) is 0 Å². The van der Waals surface area contributed by atoms with Crippen LogP contribution >= 0.6 is 0 Å². The van der Waals surface area contributed by atoms with Gasteiger partial charge in [0.05, 0.1) is 0 Å². The van der Waals surface area contributed by atoms with Gasteiger partial charge < -0.3 is 11.1 Å². The molecule has 0 aliphatic rings. The van der Waals surface area contributed by atoms with Crippen LogP contribution in [0.5, 0.6) is 0 Å². The second kappa shape index (κ2) is 6.23. The monoisotopic (exact) mass is 221 g/mol. The fourth-order valence-corrected chi connectivity index (χ4v) is 1.40. The molecule has 1 rings (SSSR count). The number of aromatic nitrogens is 1. The first-order valence-electron chi connectivity index (χ1n) is 5.56. The van der Waals surface area contributed by atoms with Crippen LogP contribution in [0.2, 0.25) is 0 Å². The molecule has 0 bridgehead atoms. The molecular formula is C12H19N3O. The summed E-state index contributed by atoms with van der Waals surface area (Å²) in [4.78, 5) is 15.7. The van der Waals surface area contributed by atoms with Gasteiger partial charge in [-0.3, -0.25) is 4.79 Å². The molecule has 0 fully saturated rings. The molecule has 1 amide bonds. The number of pyridine rings is 1. The lowest BCUT2D eigenvalue weighted by molar-refractivity contribution is -0.116. The highest BCUT2D eigenvalue weighted by Crippen LogP contribution is 2.10. The molecule has 0 radical (unpaired) electrons. The molecule has 0 saturated heterocycles. The number of anilines is 1. The molecular weight excluding hydrogens is 202 g/mol. The van der Waals surface area contributed by atoms with Crippen molar-refractivity contribution in [3.8, 4) is 0 Å². The topological polar surface area (TPSA) is 68.0 Å². The first-order chi connectivity index (χ1) is 7.59. The summed E-state index contributed by atoms with van der Waals surface area (Å²) in [5.74, 6) is 0.649. The van der Waals surface area contributed by atoms with Gasteiger partial charge in [0, 0.05) is 18.7 Å². The number of nitrogens with zero attached hydrogens (tertiary/aromatic N) is 1. The second-order valence-corrected chi connectivity index (χ2v) is 4.09. The maximum Gasteiger partial charge on any atom is 0.225 e. The summed E-state index contributed by atoms with van der Waals surface area (Å²) in [7, 11) is 0. The molecule has 16 heavy (non-hydrogen) atoms. The van der Waals surface area contributed by atoms with Gasteiger partial charge in [-0.05, 0) is 38.3 Å². The highest BCUT2D eigenvalue weighted by atomic mass is 16.1. The fraction of sp³-hybridized carbons (Fsp3) is 0.500. The first kappa shape index (κ1) is 12.6. The number of rotatable bonds is 5. The van der Waals surface area contributed by atoms with E-state index < -0.39 is 0 Å². The summed E-state index contributed by atoms with van der Waals surface area (Å²) < 4.78 is 0. The van der Waals surface area contributed by atoms with Crippen molar-refractivity contribution in [2.24, 2.45) is 5.73 Å². The van der Waals surface area contributed by atoms with Gasteiger partial charge in [-0.25, -0.2) is 4.98 Å². The molecule has 3 N–H and O–H groups in total. The summed E-state index contributed by atoms with van der Waals surface area (Å²) in [6.07, 6.45) is 3.85. The van der Waals surface area contributed by atoms with Gasteiger partial charge in [-0.15, -0.1) is 0 Å². The number of carbonyl (C=O) groups is 1. The smallest absolute Gasteiger partial charge is 0.225 e. The molecule has 0 aliphatic carbocycles. The van der Waals surface area contributed by atoms with Crippen molar-refractivity contribution in [1.82, 2.24) is 4.98 Å². The van der Waals surface area contributed by atoms with Crippen LogP contribution in [0, 0.1) is 6.92 Å². The van der Waals surface area contributed by atoms with Gasteiger partial charge in [0.1, 0.15) is 5.82 Å². The molecule has 1 atom stereocenters. The van der Waals surface area contributed by atoms with E-state index in [2.05, 4.69) is 10.3 Å². The van der Waals surface area contributed by atoms with Crippen molar-refractivity contribution in [3.05, 3.63) is 23.9 Å². The zero-order chi connectivity index (χ0) is 12.0. The molecule has 0 saturated carbocycles. The lowest BCUT2D eigenvalue weighted by atomic mass is 10.1. The molecule has 1 heterocycles. The third-order valence-electron chi connectivity index (χ3n) is 2.33. The highest BCUT2D eigenvalue weighted by Gasteiger charge is 2.05. The quantitative estimate of drug-likeness (QED) is 0.797. The lowest BCUT2D eigenvalue weighted by Crippen LogP contribution is -2.17. The summed E-state index contributed by atoms with van der Waals surface area (Å²) >= 11 is 0. The number of nitrogens with two attached hydrogens (primary N) is 1. The number of aryl methyl sites for hydroxylation is 1. The number of hydrogen-bond acceptors (Lipinski definition) is 3. The van der Waals surface area contributed by atoms with E-state index in [0.29, 0.717) is 12.2 Å². The molecule has 4 heteroatoms. The first-order valence-corrected chi connectivity index (χ1v) is 5.56. The number of carbonyl (C=O) groups excluding carboxylic acids is 1. The average Bonchev–Trinajstić information content (AvgIpc) is 2.21. The lowest BCUT2D eigenvalue weighted by Gasteiger charge is -2.07. The van der Waals surface area contributed by atoms with Crippen molar-refractivity contribution in [3.63, 3.8) is 0 Å². The molecule has 1 aromatic rings. The van der Waals surface area contributed by atoms with Crippen LogP contribution in [-0.4, -0.2) is 16.9 Å².